The molecule has 0 spiro atoms. The fourth-order valence-electron chi connectivity index (χ4n) is 1.18. The van der Waals surface area contributed by atoms with Crippen LogP contribution in [0, 0.1) is 6.92 Å². The average molecular weight is 240 g/mol. The van der Waals surface area contributed by atoms with E-state index in [0.29, 0.717) is 6.61 Å². The van der Waals surface area contributed by atoms with E-state index in [1.54, 1.807) is 0 Å². The van der Waals surface area contributed by atoms with Gasteiger partial charge >= 0.3 is 0 Å². The molecule has 0 N–H and O–H groups in total. The Kier molecular flexibility index (Phi) is 3.64. The Morgan fingerprint density at radius 3 is 2.31 bits per heavy atom. The highest BCUT2D eigenvalue weighted by molar-refractivity contribution is 6.74. The van der Waals surface area contributed by atoms with E-state index < -0.39 is 8.32 Å². The molecule has 3 nitrogen and oxygen atoms in total. The Balaban J connectivity index is 2.65. The van der Waals surface area contributed by atoms with Crippen molar-refractivity contribution in [3.63, 3.8) is 0 Å². The molecule has 0 radical (unpaired) electrons. The van der Waals surface area contributed by atoms with Crippen LogP contribution in [0.15, 0.2) is 6.07 Å². The van der Waals surface area contributed by atoms with Crippen LogP contribution in [0.5, 0.6) is 0 Å². The van der Waals surface area contributed by atoms with Crippen molar-refractivity contribution in [3.8, 4) is 0 Å². The highest BCUT2D eigenvalue weighted by Gasteiger charge is 2.37. The molecular weight excluding hydrogens is 216 g/mol. The molecule has 92 valence electrons. The molecule has 0 aliphatic rings. The summed E-state index contributed by atoms with van der Waals surface area (Å²) in [6, 6.07) is 2.09. The van der Waals surface area contributed by atoms with Gasteiger partial charge in [0.05, 0.1) is 12.3 Å². The molecular formula is C12H24N2OSi. The molecule has 0 saturated heterocycles. The van der Waals surface area contributed by atoms with E-state index in [4.69, 9.17) is 4.43 Å². The minimum Gasteiger partial charge on any atom is -0.411 e. The summed E-state index contributed by atoms with van der Waals surface area (Å²) in [6.45, 7) is 14.0. The molecule has 4 heteroatoms. The van der Waals surface area contributed by atoms with Crippen molar-refractivity contribution in [3.05, 3.63) is 17.5 Å². The van der Waals surface area contributed by atoms with Crippen molar-refractivity contribution in [2.75, 3.05) is 0 Å². The fourth-order valence-corrected chi connectivity index (χ4v) is 2.12. The number of rotatable bonds is 3. The van der Waals surface area contributed by atoms with Crippen molar-refractivity contribution in [1.29, 1.82) is 0 Å². The van der Waals surface area contributed by atoms with Crippen LogP contribution in [0.3, 0.4) is 0 Å². The van der Waals surface area contributed by atoms with Crippen molar-refractivity contribution < 1.29 is 4.43 Å². The van der Waals surface area contributed by atoms with Gasteiger partial charge in [0.2, 0.25) is 0 Å². The highest BCUT2D eigenvalue weighted by Crippen LogP contribution is 2.36. The first-order chi connectivity index (χ1) is 7.13. The number of aromatic nitrogens is 2. The summed E-state index contributed by atoms with van der Waals surface area (Å²) in [5.74, 6) is 0. The lowest BCUT2D eigenvalue weighted by Gasteiger charge is -2.35. The predicted molar refractivity (Wildman–Crippen MR) is 69.9 cm³/mol. The lowest BCUT2D eigenvalue weighted by molar-refractivity contribution is 0.271. The van der Waals surface area contributed by atoms with Crippen molar-refractivity contribution in [2.45, 2.75) is 52.4 Å². The van der Waals surface area contributed by atoms with Crippen LogP contribution in [0.4, 0.5) is 0 Å². The summed E-state index contributed by atoms with van der Waals surface area (Å²) in [6.07, 6.45) is 0. The molecule has 1 aromatic rings. The third kappa shape index (κ3) is 2.95. The molecule has 0 atom stereocenters. The Morgan fingerprint density at radius 2 is 1.94 bits per heavy atom. The van der Waals surface area contributed by atoms with Crippen molar-refractivity contribution in [1.82, 2.24) is 9.78 Å². The number of aryl methyl sites for hydroxylation is 2. The molecule has 0 unspecified atom stereocenters. The second-order valence-electron chi connectivity index (χ2n) is 5.95. The molecule has 0 aliphatic heterocycles. The quantitative estimate of drug-likeness (QED) is 0.758. The maximum Gasteiger partial charge on any atom is 0.192 e. The molecule has 0 fully saturated rings. The van der Waals surface area contributed by atoms with E-state index in [9.17, 15) is 0 Å². The van der Waals surface area contributed by atoms with Crippen LogP contribution < -0.4 is 0 Å². The van der Waals surface area contributed by atoms with Gasteiger partial charge in [-0.3, -0.25) is 4.68 Å². The maximum atomic E-state index is 6.11. The first-order valence-corrected chi connectivity index (χ1v) is 8.68. The SMILES string of the molecule is Cc1cc(CO[Si](C)(C)C(C)(C)C)nn1C. The van der Waals surface area contributed by atoms with Crippen LogP contribution in [-0.4, -0.2) is 18.1 Å². The van der Waals surface area contributed by atoms with Gasteiger partial charge in [0.15, 0.2) is 8.32 Å². The molecule has 0 aromatic carbocycles. The Labute approximate surface area is 99.9 Å². The van der Waals surface area contributed by atoms with E-state index in [2.05, 4.69) is 52.0 Å². The third-order valence-electron chi connectivity index (χ3n) is 3.55. The minimum absolute atomic E-state index is 0.261. The van der Waals surface area contributed by atoms with E-state index in [-0.39, 0.29) is 5.04 Å². The Morgan fingerprint density at radius 1 is 1.38 bits per heavy atom. The monoisotopic (exact) mass is 240 g/mol. The standard InChI is InChI=1S/C12H24N2OSi/c1-10-8-11(13-14(10)5)9-15-16(6,7)12(2,3)4/h8H,9H2,1-7H3. The predicted octanol–water partition coefficient (Wildman–Crippen LogP) is 3.25. The lowest BCUT2D eigenvalue weighted by Crippen LogP contribution is -2.40. The minimum atomic E-state index is -1.65. The van der Waals surface area contributed by atoms with E-state index in [1.807, 2.05) is 11.7 Å². The van der Waals surface area contributed by atoms with Crippen molar-refractivity contribution in [2.24, 2.45) is 7.05 Å². The van der Waals surface area contributed by atoms with Gasteiger partial charge in [0.1, 0.15) is 0 Å². The second kappa shape index (κ2) is 4.34. The van der Waals surface area contributed by atoms with Crippen molar-refractivity contribution >= 4 is 8.32 Å². The zero-order valence-electron chi connectivity index (χ0n) is 11.6. The summed E-state index contributed by atoms with van der Waals surface area (Å²) in [4.78, 5) is 0. The smallest absolute Gasteiger partial charge is 0.192 e. The molecule has 16 heavy (non-hydrogen) atoms. The van der Waals surface area contributed by atoms with Gasteiger partial charge in [-0.15, -0.1) is 0 Å². The summed E-state index contributed by atoms with van der Waals surface area (Å²) in [5.41, 5.74) is 2.21. The van der Waals surface area contributed by atoms with Gasteiger partial charge in [-0.05, 0) is 31.1 Å². The van der Waals surface area contributed by atoms with Crippen LogP contribution in [0.2, 0.25) is 18.1 Å². The van der Waals surface area contributed by atoms with E-state index in [0.717, 1.165) is 5.69 Å². The Bertz CT molecular complexity index is 344. The van der Waals surface area contributed by atoms with Gasteiger partial charge in [-0.25, -0.2) is 0 Å². The zero-order chi connectivity index (χ0) is 12.6. The molecule has 0 saturated carbocycles. The average Bonchev–Trinajstić information content (AvgIpc) is 2.41. The number of hydrogen-bond acceptors (Lipinski definition) is 2. The van der Waals surface area contributed by atoms with Crippen LogP contribution in [-0.2, 0) is 18.1 Å². The second-order valence-corrected chi connectivity index (χ2v) is 10.8. The number of nitrogens with zero attached hydrogens (tertiary/aromatic N) is 2. The summed E-state index contributed by atoms with van der Waals surface area (Å²) < 4.78 is 8.00. The van der Waals surface area contributed by atoms with Gasteiger partial charge in [0, 0.05) is 12.7 Å². The summed E-state index contributed by atoms with van der Waals surface area (Å²) >= 11 is 0. The van der Waals surface area contributed by atoms with E-state index in [1.165, 1.54) is 5.69 Å². The summed E-state index contributed by atoms with van der Waals surface area (Å²) in [7, 11) is 0.318. The first-order valence-electron chi connectivity index (χ1n) is 5.77. The molecule has 0 amide bonds. The molecule has 1 rings (SSSR count). The zero-order valence-corrected chi connectivity index (χ0v) is 12.6. The first kappa shape index (κ1) is 13.5. The molecule has 0 bridgehead atoms. The largest absolute Gasteiger partial charge is 0.411 e. The Hall–Kier alpha value is -0.613. The van der Waals surface area contributed by atoms with Crippen LogP contribution in [0.25, 0.3) is 0 Å². The van der Waals surface area contributed by atoms with Gasteiger partial charge in [-0.2, -0.15) is 5.10 Å². The summed E-state index contributed by atoms with van der Waals surface area (Å²) in [5, 5.41) is 4.67. The maximum absolute atomic E-state index is 6.11. The topological polar surface area (TPSA) is 27.1 Å². The highest BCUT2D eigenvalue weighted by atomic mass is 28.4. The molecule has 1 aromatic heterocycles. The third-order valence-corrected chi connectivity index (χ3v) is 8.03. The van der Waals surface area contributed by atoms with Crippen LogP contribution >= 0.6 is 0 Å². The lowest BCUT2D eigenvalue weighted by atomic mass is 10.2. The molecule has 0 aliphatic carbocycles. The van der Waals surface area contributed by atoms with Gasteiger partial charge in [-0.1, -0.05) is 20.8 Å². The van der Waals surface area contributed by atoms with Gasteiger partial charge in [0.25, 0.3) is 0 Å². The number of hydrogen-bond donors (Lipinski definition) is 0. The van der Waals surface area contributed by atoms with E-state index >= 15 is 0 Å². The molecule has 1 heterocycles. The normalized spacial score (nSPS) is 13.2. The van der Waals surface area contributed by atoms with Crippen LogP contribution in [0.1, 0.15) is 32.2 Å². The van der Waals surface area contributed by atoms with Gasteiger partial charge < -0.3 is 4.43 Å². The fraction of sp³-hybridized carbons (Fsp3) is 0.750.